The van der Waals surface area contributed by atoms with Crippen molar-refractivity contribution in [3.05, 3.63) is 47.7 Å². The van der Waals surface area contributed by atoms with Gasteiger partial charge in [-0.05, 0) is 38.1 Å². The van der Waals surface area contributed by atoms with Gasteiger partial charge in [-0.15, -0.1) is 0 Å². The highest BCUT2D eigenvalue weighted by Gasteiger charge is 2.32. The molecule has 4 nitrogen and oxygen atoms in total. The first kappa shape index (κ1) is 16.6. The number of hydrogen-bond donors (Lipinski definition) is 1. The van der Waals surface area contributed by atoms with Gasteiger partial charge in [-0.25, -0.2) is 0 Å². The van der Waals surface area contributed by atoms with Crippen molar-refractivity contribution in [1.82, 2.24) is 4.90 Å². The Kier molecular flexibility index (Phi) is 5.43. The molecule has 0 unspecified atom stereocenters. The summed E-state index contributed by atoms with van der Waals surface area (Å²) in [5.41, 5.74) is 1.26. The summed E-state index contributed by atoms with van der Waals surface area (Å²) in [6.07, 6.45) is -0.498. The van der Waals surface area contributed by atoms with E-state index < -0.39 is 6.10 Å². The van der Waals surface area contributed by atoms with E-state index in [1.54, 1.807) is 11.8 Å². The molecule has 2 atom stereocenters. The van der Waals surface area contributed by atoms with E-state index in [1.165, 1.54) is 10.5 Å². The minimum Gasteiger partial charge on any atom is -0.453 e. The van der Waals surface area contributed by atoms with Crippen molar-refractivity contribution in [3.8, 4) is 0 Å². The van der Waals surface area contributed by atoms with Gasteiger partial charge in [0, 0.05) is 24.6 Å². The maximum Gasteiger partial charge on any atom is 0.165 e. The predicted octanol–water partition coefficient (Wildman–Crippen LogP) is 3.32. The molecular weight excluding hydrogens is 310 g/mol. The van der Waals surface area contributed by atoms with E-state index in [2.05, 4.69) is 36.1 Å². The highest BCUT2D eigenvalue weighted by atomic mass is 32.2. The lowest BCUT2D eigenvalue weighted by molar-refractivity contribution is -0.00247. The molecule has 1 aliphatic rings. The van der Waals surface area contributed by atoms with Crippen LogP contribution in [-0.4, -0.2) is 41.9 Å². The number of β-amino-alcohol motifs (C(OH)–C–C–N with tert-alkyl or cyclic N) is 1. The molecule has 1 aromatic heterocycles. The van der Waals surface area contributed by atoms with Crippen LogP contribution in [-0.2, 0) is 11.3 Å². The molecule has 23 heavy (non-hydrogen) atoms. The molecule has 3 rings (SSSR count). The molecule has 0 spiro atoms. The number of hydrogen-bond acceptors (Lipinski definition) is 5. The summed E-state index contributed by atoms with van der Waals surface area (Å²) in [7, 11) is 0. The second-order valence-electron chi connectivity index (χ2n) is 5.89. The lowest BCUT2D eigenvalue weighted by Crippen LogP contribution is -2.26. The van der Waals surface area contributed by atoms with Crippen LogP contribution in [0.25, 0.3) is 0 Å². The van der Waals surface area contributed by atoms with Gasteiger partial charge in [-0.2, -0.15) is 0 Å². The number of furan rings is 1. The minimum absolute atomic E-state index is 0.0867. The lowest BCUT2D eigenvalue weighted by Gasteiger charge is -2.14. The lowest BCUT2D eigenvalue weighted by atomic mass is 10.2. The molecule has 2 aromatic rings. The van der Waals surface area contributed by atoms with Crippen LogP contribution >= 0.6 is 11.8 Å². The van der Waals surface area contributed by atoms with E-state index in [-0.39, 0.29) is 6.10 Å². The Balaban J connectivity index is 1.56. The zero-order valence-corrected chi connectivity index (χ0v) is 14.4. The Morgan fingerprint density at radius 3 is 2.74 bits per heavy atom. The molecule has 2 heterocycles. The average molecular weight is 333 g/mol. The molecule has 1 fully saturated rings. The smallest absolute Gasteiger partial charge is 0.165 e. The van der Waals surface area contributed by atoms with Crippen molar-refractivity contribution in [2.45, 2.75) is 42.6 Å². The van der Waals surface area contributed by atoms with Crippen LogP contribution in [0.5, 0.6) is 0 Å². The van der Waals surface area contributed by atoms with Crippen molar-refractivity contribution < 1.29 is 14.3 Å². The summed E-state index contributed by atoms with van der Waals surface area (Å²) >= 11 is 1.63. The summed E-state index contributed by atoms with van der Waals surface area (Å²) in [5.74, 6) is 0.920. The Hall–Kier alpha value is -1.27. The average Bonchev–Trinajstić information content (AvgIpc) is 3.09. The first-order valence-electron chi connectivity index (χ1n) is 7.99. The van der Waals surface area contributed by atoms with Gasteiger partial charge in [0.25, 0.3) is 0 Å². The van der Waals surface area contributed by atoms with E-state index in [0.29, 0.717) is 19.7 Å². The summed E-state index contributed by atoms with van der Waals surface area (Å²) in [6.45, 7) is 6.75. The Labute approximate surface area is 141 Å². The van der Waals surface area contributed by atoms with Crippen LogP contribution in [0.3, 0.4) is 0 Å². The van der Waals surface area contributed by atoms with E-state index >= 15 is 0 Å². The summed E-state index contributed by atoms with van der Waals surface area (Å²) in [4.78, 5) is 3.34. The second kappa shape index (κ2) is 7.53. The number of aliphatic hydroxyl groups is 1. The summed E-state index contributed by atoms with van der Waals surface area (Å²) in [5, 5.41) is 10.9. The zero-order valence-electron chi connectivity index (χ0n) is 13.6. The number of aryl methyl sites for hydroxylation is 1. The fraction of sp³-hybridized carbons (Fsp3) is 0.444. The van der Waals surface area contributed by atoms with Crippen molar-refractivity contribution in [1.29, 1.82) is 0 Å². The van der Waals surface area contributed by atoms with Gasteiger partial charge in [-0.1, -0.05) is 29.5 Å². The Bertz CT molecular complexity index is 625. The molecule has 5 heteroatoms. The molecule has 1 N–H and O–H groups in total. The van der Waals surface area contributed by atoms with Crippen molar-refractivity contribution in [3.63, 3.8) is 0 Å². The number of aliphatic hydroxyl groups excluding tert-OH is 1. The topological polar surface area (TPSA) is 45.8 Å². The van der Waals surface area contributed by atoms with E-state index in [0.717, 1.165) is 17.4 Å². The van der Waals surface area contributed by atoms with Crippen molar-refractivity contribution in [2.24, 2.45) is 0 Å². The maximum atomic E-state index is 9.99. The van der Waals surface area contributed by atoms with Crippen molar-refractivity contribution in [2.75, 3.05) is 19.7 Å². The van der Waals surface area contributed by atoms with Gasteiger partial charge in [-0.3, -0.25) is 4.90 Å². The van der Waals surface area contributed by atoms with Crippen molar-refractivity contribution >= 4 is 11.8 Å². The van der Waals surface area contributed by atoms with Gasteiger partial charge in [0.05, 0.1) is 18.8 Å². The molecule has 124 valence electrons. The normalized spacial score (nSPS) is 21.9. The Morgan fingerprint density at radius 2 is 2.00 bits per heavy atom. The van der Waals surface area contributed by atoms with Gasteiger partial charge < -0.3 is 14.3 Å². The third-order valence-corrected chi connectivity index (χ3v) is 4.88. The SMILES string of the molecule is CCO[C@@H]1CN(Cc2ccc(Sc3ccc(C)cc3)o2)C[C@H]1O. The molecule has 1 aromatic carbocycles. The van der Waals surface area contributed by atoms with E-state index in [1.807, 2.05) is 19.1 Å². The molecule has 0 aliphatic carbocycles. The van der Waals surface area contributed by atoms with Gasteiger partial charge in [0.2, 0.25) is 0 Å². The first-order valence-corrected chi connectivity index (χ1v) is 8.81. The number of benzene rings is 1. The van der Waals surface area contributed by atoms with Crippen LogP contribution in [0.4, 0.5) is 0 Å². The third-order valence-electron chi connectivity index (χ3n) is 3.95. The van der Waals surface area contributed by atoms with Crippen LogP contribution in [0.1, 0.15) is 18.2 Å². The molecule has 1 saturated heterocycles. The van der Waals surface area contributed by atoms with Gasteiger partial charge in [0.15, 0.2) is 5.09 Å². The fourth-order valence-electron chi connectivity index (χ4n) is 2.78. The quantitative estimate of drug-likeness (QED) is 0.879. The third kappa shape index (κ3) is 4.38. The van der Waals surface area contributed by atoms with E-state index in [9.17, 15) is 5.11 Å². The molecule has 0 amide bonds. The van der Waals surface area contributed by atoms with Crippen LogP contribution < -0.4 is 0 Å². The van der Waals surface area contributed by atoms with Gasteiger partial charge in [0.1, 0.15) is 5.76 Å². The highest BCUT2D eigenvalue weighted by Crippen LogP contribution is 2.30. The number of rotatable bonds is 6. The molecule has 1 aliphatic heterocycles. The minimum atomic E-state index is -0.411. The van der Waals surface area contributed by atoms with Crippen LogP contribution in [0, 0.1) is 6.92 Å². The molecule has 0 saturated carbocycles. The summed E-state index contributed by atoms with van der Waals surface area (Å²) < 4.78 is 11.5. The first-order chi connectivity index (χ1) is 11.1. The van der Waals surface area contributed by atoms with Crippen LogP contribution in [0.2, 0.25) is 0 Å². The standard InChI is InChI=1S/C18H23NO3S/c1-3-21-17-12-19(11-16(17)20)10-14-6-9-18(22-14)23-15-7-4-13(2)5-8-15/h4-9,16-17,20H,3,10-12H2,1-2H3/t16-,17-/m1/s1. The van der Waals surface area contributed by atoms with Gasteiger partial charge >= 0.3 is 0 Å². The maximum absolute atomic E-state index is 9.99. The monoisotopic (exact) mass is 333 g/mol. The fourth-order valence-corrected chi connectivity index (χ4v) is 3.57. The highest BCUT2D eigenvalue weighted by molar-refractivity contribution is 7.99. The number of nitrogens with zero attached hydrogens (tertiary/aromatic N) is 1. The zero-order chi connectivity index (χ0) is 16.2. The number of likely N-dealkylation sites (tertiary alicyclic amines) is 1. The summed E-state index contributed by atoms with van der Waals surface area (Å²) in [6, 6.07) is 12.4. The largest absolute Gasteiger partial charge is 0.453 e. The Morgan fingerprint density at radius 1 is 1.22 bits per heavy atom. The molecule has 0 bridgehead atoms. The molecule has 0 radical (unpaired) electrons. The van der Waals surface area contributed by atoms with Crippen LogP contribution in [0.15, 0.2) is 50.8 Å². The van der Waals surface area contributed by atoms with E-state index in [4.69, 9.17) is 9.15 Å². The second-order valence-corrected chi connectivity index (χ2v) is 6.97. The number of ether oxygens (including phenoxy) is 1. The molecular formula is C18H23NO3S. The predicted molar refractivity (Wildman–Crippen MR) is 90.7 cm³/mol.